The second-order valence-electron chi connectivity index (χ2n) is 3.23. The van der Waals surface area contributed by atoms with Gasteiger partial charge in [-0.25, -0.2) is 4.79 Å². The molecule has 1 aromatic carbocycles. The van der Waals surface area contributed by atoms with Crippen LogP contribution >= 0.6 is 11.5 Å². The molecule has 0 aliphatic rings. The van der Waals surface area contributed by atoms with Gasteiger partial charge in [-0.1, -0.05) is 18.2 Å². The summed E-state index contributed by atoms with van der Waals surface area (Å²) in [4.78, 5) is 11.5. The zero-order valence-corrected chi connectivity index (χ0v) is 10.1. The van der Waals surface area contributed by atoms with Crippen molar-refractivity contribution in [1.82, 2.24) is 5.10 Å². The molecule has 0 spiro atoms. The van der Waals surface area contributed by atoms with Crippen molar-refractivity contribution in [1.29, 1.82) is 0 Å². The van der Waals surface area contributed by atoms with Crippen LogP contribution in [0.5, 0.6) is 0 Å². The van der Waals surface area contributed by atoms with E-state index in [1.54, 1.807) is 11.0 Å². The number of nitrogen functional groups attached to an aromatic ring is 1. The third-order valence-electron chi connectivity index (χ3n) is 2.05. The average Bonchev–Trinajstić information content (AvgIpc) is 2.73. The lowest BCUT2D eigenvalue weighted by atomic mass is 10.3. The Balaban J connectivity index is 2.34. The van der Waals surface area contributed by atoms with Crippen molar-refractivity contribution in [2.45, 2.75) is 6.92 Å². The molecule has 0 radical (unpaired) electrons. The van der Waals surface area contributed by atoms with Crippen LogP contribution in [0.2, 0.25) is 0 Å². The number of hydrogen-bond acceptors (Lipinski definition) is 5. The number of nitrogens with two attached hydrogens (primary N) is 1. The van der Waals surface area contributed by atoms with E-state index in [9.17, 15) is 4.79 Å². The second kappa shape index (κ2) is 4.92. The Bertz CT molecular complexity index is 525. The normalized spacial score (nSPS) is 10.2. The first-order valence-corrected chi connectivity index (χ1v) is 5.91. The van der Waals surface area contributed by atoms with Gasteiger partial charge in [-0.3, -0.25) is 0 Å². The summed E-state index contributed by atoms with van der Waals surface area (Å²) >= 11 is 1.20. The lowest BCUT2D eigenvalue weighted by Gasteiger charge is -1.94. The number of carbonyl (C=O) groups is 1. The van der Waals surface area contributed by atoms with Gasteiger partial charge in [0.15, 0.2) is 16.5 Å². The third-order valence-corrected chi connectivity index (χ3v) is 2.91. The summed E-state index contributed by atoms with van der Waals surface area (Å²) in [6.45, 7) is 2.05. The minimum absolute atomic E-state index is 0.167. The maximum absolute atomic E-state index is 11.5. The van der Waals surface area contributed by atoms with Gasteiger partial charge in [0.2, 0.25) is 0 Å². The van der Waals surface area contributed by atoms with E-state index in [4.69, 9.17) is 10.5 Å². The fourth-order valence-electron chi connectivity index (χ4n) is 1.30. The summed E-state index contributed by atoms with van der Waals surface area (Å²) in [6, 6.07) is 9.47. The Morgan fingerprint density at radius 3 is 2.82 bits per heavy atom. The number of rotatable bonds is 3. The predicted octanol–water partition coefficient (Wildman–Crippen LogP) is 1.18. The summed E-state index contributed by atoms with van der Waals surface area (Å²) in [5.74, 6) is -0.490. The summed E-state index contributed by atoms with van der Waals surface area (Å²) < 4.78 is 6.47. The molecule has 88 valence electrons. The molecule has 5 nitrogen and oxygen atoms in total. The Morgan fingerprint density at radius 2 is 2.18 bits per heavy atom. The van der Waals surface area contributed by atoms with Gasteiger partial charge in [-0.05, 0) is 6.92 Å². The highest BCUT2D eigenvalue weighted by atomic mass is 32.1. The van der Waals surface area contributed by atoms with Gasteiger partial charge in [0.25, 0.3) is 11.4 Å². The smallest absolute Gasteiger partial charge is 0.366 e. The number of ether oxygens (including phenoxy) is 1. The minimum atomic E-state index is -0.490. The van der Waals surface area contributed by atoms with Gasteiger partial charge >= 0.3 is 5.97 Å². The molecule has 0 fully saturated rings. The highest BCUT2D eigenvalue weighted by Crippen LogP contribution is 2.14. The number of hydrogen-bond donors (Lipinski definition) is 1. The van der Waals surface area contributed by atoms with Crippen molar-refractivity contribution in [3.63, 3.8) is 0 Å². The van der Waals surface area contributed by atoms with E-state index in [0.717, 1.165) is 5.69 Å². The molecular formula is C11H12N3O2S+. The molecule has 0 saturated heterocycles. The summed E-state index contributed by atoms with van der Waals surface area (Å²) in [7, 11) is 0. The van der Waals surface area contributed by atoms with Crippen molar-refractivity contribution in [2.24, 2.45) is 0 Å². The molecule has 1 heterocycles. The molecule has 0 unspecified atom stereocenters. The van der Waals surface area contributed by atoms with Crippen LogP contribution in [0.1, 0.15) is 17.4 Å². The van der Waals surface area contributed by atoms with Gasteiger partial charge in [-0.2, -0.15) is 0 Å². The van der Waals surface area contributed by atoms with Crippen LogP contribution in [0.15, 0.2) is 30.3 Å². The molecule has 17 heavy (non-hydrogen) atoms. The standard InChI is InChI=1S/C11H11N3O2S/c1-2-16-11(15)9-10(12)17-14(13-9)8-6-4-3-5-7-8/h3-7,12H,2H2,1H3/p+1. The number of anilines is 1. The average molecular weight is 250 g/mol. The Labute approximate surface area is 103 Å². The van der Waals surface area contributed by atoms with Crippen molar-refractivity contribution >= 4 is 22.5 Å². The fourth-order valence-corrected chi connectivity index (χ4v) is 2.05. The molecule has 0 aliphatic heterocycles. The van der Waals surface area contributed by atoms with Crippen LogP contribution in [-0.4, -0.2) is 17.7 Å². The van der Waals surface area contributed by atoms with Crippen LogP contribution in [0.3, 0.4) is 0 Å². The quantitative estimate of drug-likeness (QED) is 0.656. The molecular weight excluding hydrogens is 238 g/mol. The number of esters is 1. The second-order valence-corrected chi connectivity index (χ2v) is 4.20. The monoisotopic (exact) mass is 250 g/mol. The number of benzene rings is 1. The Morgan fingerprint density at radius 1 is 1.47 bits per heavy atom. The van der Waals surface area contributed by atoms with Crippen LogP contribution in [0, 0.1) is 0 Å². The van der Waals surface area contributed by atoms with E-state index in [1.807, 2.05) is 30.3 Å². The Hall–Kier alpha value is -1.95. The number of carbonyl (C=O) groups excluding carboxylic acids is 1. The zero-order valence-electron chi connectivity index (χ0n) is 9.29. The van der Waals surface area contributed by atoms with Crippen LogP contribution < -0.4 is 9.81 Å². The van der Waals surface area contributed by atoms with Crippen LogP contribution in [-0.2, 0) is 4.74 Å². The third kappa shape index (κ3) is 2.42. The largest absolute Gasteiger partial charge is 0.461 e. The van der Waals surface area contributed by atoms with Gasteiger partial charge < -0.3 is 10.5 Å². The summed E-state index contributed by atoms with van der Waals surface area (Å²) in [6.07, 6.45) is 0. The Kier molecular flexibility index (Phi) is 3.34. The highest BCUT2D eigenvalue weighted by Gasteiger charge is 2.25. The molecule has 2 aromatic rings. The molecule has 1 aromatic heterocycles. The van der Waals surface area contributed by atoms with Crippen LogP contribution in [0.25, 0.3) is 5.69 Å². The lowest BCUT2D eigenvalue weighted by molar-refractivity contribution is -0.588. The molecule has 0 amide bonds. The SMILES string of the molecule is CCOC(=O)c1n[n+](-c2ccccc2)sc1N. The van der Waals surface area contributed by atoms with Crippen molar-refractivity contribution in [3.05, 3.63) is 36.0 Å². The molecule has 2 rings (SSSR count). The molecule has 0 bridgehead atoms. The van der Waals surface area contributed by atoms with Crippen molar-refractivity contribution in [2.75, 3.05) is 12.3 Å². The summed E-state index contributed by atoms with van der Waals surface area (Å²) in [5, 5.41) is 4.49. The zero-order chi connectivity index (χ0) is 12.3. The van der Waals surface area contributed by atoms with E-state index in [2.05, 4.69) is 5.10 Å². The molecule has 2 N–H and O–H groups in total. The minimum Gasteiger partial charge on any atom is -0.461 e. The topological polar surface area (TPSA) is 69.1 Å². The van der Waals surface area contributed by atoms with E-state index in [-0.39, 0.29) is 5.69 Å². The van der Waals surface area contributed by atoms with Gasteiger partial charge in [0.1, 0.15) is 0 Å². The molecule has 0 atom stereocenters. The summed E-state index contributed by atoms with van der Waals surface area (Å²) in [5.41, 5.74) is 6.77. The fraction of sp³-hybridized carbons (Fsp3) is 0.182. The van der Waals surface area contributed by atoms with Crippen molar-refractivity contribution in [3.8, 4) is 5.69 Å². The first kappa shape index (κ1) is 11.5. The first-order valence-electron chi connectivity index (χ1n) is 5.14. The first-order chi connectivity index (χ1) is 8.22. The maximum atomic E-state index is 11.5. The van der Waals surface area contributed by atoms with E-state index in [1.165, 1.54) is 11.5 Å². The molecule has 0 saturated carbocycles. The van der Waals surface area contributed by atoms with Gasteiger partial charge in [0.05, 0.1) is 6.61 Å². The maximum Gasteiger partial charge on any atom is 0.366 e. The predicted molar refractivity (Wildman–Crippen MR) is 64.0 cm³/mol. The molecule has 6 heteroatoms. The highest BCUT2D eigenvalue weighted by molar-refractivity contribution is 7.06. The van der Waals surface area contributed by atoms with E-state index in [0.29, 0.717) is 11.6 Å². The van der Waals surface area contributed by atoms with Gasteiger partial charge in [0, 0.05) is 21.3 Å². The van der Waals surface area contributed by atoms with Gasteiger partial charge in [-0.15, -0.1) is 0 Å². The van der Waals surface area contributed by atoms with Crippen molar-refractivity contribution < 1.29 is 13.6 Å². The molecule has 0 aliphatic carbocycles. The van der Waals surface area contributed by atoms with E-state index >= 15 is 0 Å². The van der Waals surface area contributed by atoms with E-state index < -0.39 is 5.97 Å². The lowest BCUT2D eigenvalue weighted by Crippen LogP contribution is -2.29. The van der Waals surface area contributed by atoms with Crippen LogP contribution in [0.4, 0.5) is 5.00 Å². The number of aromatic nitrogens is 2. The number of nitrogens with zero attached hydrogens (tertiary/aromatic N) is 2. The number of para-hydroxylation sites is 1.